The largest absolute Gasteiger partial charge is 0.321 e. The molecule has 2 atom stereocenters. The van der Waals surface area contributed by atoms with Crippen LogP contribution in [0.2, 0.25) is 0 Å². The first kappa shape index (κ1) is 11.7. The van der Waals surface area contributed by atoms with E-state index in [0.29, 0.717) is 0 Å². The number of amides is 1. The lowest BCUT2D eigenvalue weighted by Gasteiger charge is -2.39. The van der Waals surface area contributed by atoms with Gasteiger partial charge in [0.15, 0.2) is 0 Å². The zero-order chi connectivity index (χ0) is 10.8. The van der Waals surface area contributed by atoms with Crippen molar-refractivity contribution in [2.45, 2.75) is 33.1 Å². The van der Waals surface area contributed by atoms with Gasteiger partial charge in [-0.2, -0.15) is 0 Å². The topological polar surface area (TPSA) is 20.3 Å². The Labute approximate surface area is 88.9 Å². The first-order valence-electron chi connectivity index (χ1n) is 5.13. The van der Waals surface area contributed by atoms with Gasteiger partial charge in [0.2, 0.25) is 6.41 Å². The van der Waals surface area contributed by atoms with Crippen LogP contribution in [0.15, 0.2) is 11.3 Å². The zero-order valence-electron chi connectivity index (χ0n) is 9.34. The van der Waals surface area contributed by atoms with Crippen LogP contribution in [-0.4, -0.2) is 24.5 Å². The Hall–Kier alpha value is -0.360. The van der Waals surface area contributed by atoms with E-state index in [0.717, 1.165) is 19.0 Å². The highest BCUT2D eigenvalue weighted by Gasteiger charge is 2.33. The predicted octanol–water partition coefficient (Wildman–Crippen LogP) is 2.41. The SMILES string of the molecule is CC1=C(N(C)C=O)C(C)(CP)CCC1. The summed E-state index contributed by atoms with van der Waals surface area (Å²) in [5.74, 6) is 0. The highest BCUT2D eigenvalue weighted by Crippen LogP contribution is 2.42. The summed E-state index contributed by atoms with van der Waals surface area (Å²) in [5, 5.41) is 0. The molecule has 2 nitrogen and oxygen atoms in total. The number of nitrogens with zero attached hydrogens (tertiary/aromatic N) is 1. The van der Waals surface area contributed by atoms with Crippen LogP contribution in [0.5, 0.6) is 0 Å². The molecule has 0 saturated carbocycles. The van der Waals surface area contributed by atoms with Gasteiger partial charge < -0.3 is 4.90 Å². The van der Waals surface area contributed by atoms with Crippen molar-refractivity contribution in [3.05, 3.63) is 11.3 Å². The molecule has 2 unspecified atom stereocenters. The summed E-state index contributed by atoms with van der Waals surface area (Å²) in [5.41, 5.74) is 2.77. The van der Waals surface area contributed by atoms with E-state index in [4.69, 9.17) is 0 Å². The average Bonchev–Trinajstić information content (AvgIpc) is 2.17. The van der Waals surface area contributed by atoms with Crippen LogP contribution in [0, 0.1) is 5.41 Å². The van der Waals surface area contributed by atoms with Gasteiger partial charge in [0.1, 0.15) is 0 Å². The van der Waals surface area contributed by atoms with Gasteiger partial charge in [-0.15, -0.1) is 9.24 Å². The van der Waals surface area contributed by atoms with Crippen LogP contribution in [-0.2, 0) is 4.79 Å². The highest BCUT2D eigenvalue weighted by atomic mass is 31.0. The van der Waals surface area contributed by atoms with Crippen LogP contribution in [0.25, 0.3) is 0 Å². The highest BCUT2D eigenvalue weighted by molar-refractivity contribution is 7.16. The Kier molecular flexibility index (Phi) is 3.71. The van der Waals surface area contributed by atoms with Crippen molar-refractivity contribution in [1.29, 1.82) is 0 Å². The van der Waals surface area contributed by atoms with Gasteiger partial charge in [-0.25, -0.2) is 0 Å². The molecule has 1 amide bonds. The van der Waals surface area contributed by atoms with Crippen molar-refractivity contribution in [3.63, 3.8) is 0 Å². The maximum absolute atomic E-state index is 10.8. The fourth-order valence-corrected chi connectivity index (χ4v) is 2.87. The van der Waals surface area contributed by atoms with Crippen molar-refractivity contribution in [1.82, 2.24) is 4.90 Å². The molecule has 1 rings (SSSR count). The molecule has 0 heterocycles. The van der Waals surface area contributed by atoms with E-state index in [-0.39, 0.29) is 5.41 Å². The second-order valence-corrected chi connectivity index (χ2v) is 4.87. The van der Waals surface area contributed by atoms with E-state index in [1.807, 2.05) is 7.05 Å². The monoisotopic (exact) mass is 213 g/mol. The quantitative estimate of drug-likeness (QED) is 0.521. The minimum absolute atomic E-state index is 0.169. The molecule has 3 heteroatoms. The third kappa shape index (κ3) is 2.00. The van der Waals surface area contributed by atoms with Crippen molar-refractivity contribution in [2.24, 2.45) is 5.41 Å². The molecule has 0 spiro atoms. The molecule has 0 aromatic heterocycles. The summed E-state index contributed by atoms with van der Waals surface area (Å²) in [6.07, 6.45) is 5.50. The smallest absolute Gasteiger partial charge is 0.213 e. The fraction of sp³-hybridized carbons (Fsp3) is 0.727. The van der Waals surface area contributed by atoms with Gasteiger partial charge in [0.25, 0.3) is 0 Å². The molecule has 0 N–H and O–H groups in total. The van der Waals surface area contributed by atoms with Gasteiger partial charge >= 0.3 is 0 Å². The van der Waals surface area contributed by atoms with Crippen LogP contribution in [0.1, 0.15) is 33.1 Å². The van der Waals surface area contributed by atoms with Crippen molar-refractivity contribution >= 4 is 15.6 Å². The Bertz CT molecular complexity index is 262. The van der Waals surface area contributed by atoms with Gasteiger partial charge in [0, 0.05) is 18.2 Å². The molecule has 0 radical (unpaired) electrons. The first-order chi connectivity index (χ1) is 6.55. The number of hydrogen-bond acceptors (Lipinski definition) is 1. The number of carbonyl (C=O) groups is 1. The Morgan fingerprint density at radius 3 is 2.79 bits per heavy atom. The fourth-order valence-electron chi connectivity index (χ4n) is 2.47. The summed E-state index contributed by atoms with van der Waals surface area (Å²) >= 11 is 0. The normalized spacial score (nSPS) is 27.7. The number of rotatable bonds is 3. The third-order valence-corrected chi connectivity index (χ3v) is 4.12. The molecular weight excluding hydrogens is 193 g/mol. The molecule has 0 aromatic rings. The number of hydrogen-bond donors (Lipinski definition) is 0. The van der Waals surface area contributed by atoms with Crippen molar-refractivity contribution in [2.75, 3.05) is 13.2 Å². The molecular formula is C11H20NOP. The summed E-state index contributed by atoms with van der Waals surface area (Å²) < 4.78 is 0. The van der Waals surface area contributed by atoms with E-state index in [1.165, 1.54) is 24.1 Å². The molecule has 0 bridgehead atoms. The summed E-state index contributed by atoms with van der Waals surface area (Å²) in [6, 6.07) is 0. The minimum Gasteiger partial charge on any atom is -0.321 e. The van der Waals surface area contributed by atoms with Gasteiger partial charge in [-0.05, 0) is 32.3 Å². The van der Waals surface area contributed by atoms with Crippen molar-refractivity contribution in [3.8, 4) is 0 Å². The lowest BCUT2D eigenvalue weighted by atomic mass is 9.76. The summed E-state index contributed by atoms with van der Waals surface area (Å²) in [6.45, 7) is 4.39. The molecule has 1 aliphatic rings. The molecule has 0 saturated heterocycles. The maximum atomic E-state index is 10.8. The van der Waals surface area contributed by atoms with Gasteiger partial charge in [-0.1, -0.05) is 12.5 Å². The molecule has 14 heavy (non-hydrogen) atoms. The van der Waals surface area contributed by atoms with Crippen LogP contribution >= 0.6 is 9.24 Å². The summed E-state index contributed by atoms with van der Waals surface area (Å²) in [4.78, 5) is 12.6. The van der Waals surface area contributed by atoms with Crippen LogP contribution in [0.4, 0.5) is 0 Å². The Morgan fingerprint density at radius 2 is 2.29 bits per heavy atom. The van der Waals surface area contributed by atoms with Gasteiger partial charge in [0.05, 0.1) is 0 Å². The second-order valence-electron chi connectivity index (χ2n) is 4.46. The van der Waals surface area contributed by atoms with E-state index in [1.54, 1.807) is 4.90 Å². The average molecular weight is 213 g/mol. The summed E-state index contributed by atoms with van der Waals surface area (Å²) in [7, 11) is 4.66. The predicted molar refractivity (Wildman–Crippen MR) is 63.1 cm³/mol. The third-order valence-electron chi connectivity index (χ3n) is 3.22. The van der Waals surface area contributed by atoms with Crippen LogP contribution in [0.3, 0.4) is 0 Å². The molecule has 0 aromatic carbocycles. The molecule has 80 valence electrons. The lowest BCUT2D eigenvalue weighted by molar-refractivity contribution is -0.116. The minimum atomic E-state index is 0.169. The molecule has 0 aliphatic heterocycles. The Morgan fingerprint density at radius 1 is 1.64 bits per heavy atom. The molecule has 1 aliphatic carbocycles. The van der Waals surface area contributed by atoms with E-state index < -0.39 is 0 Å². The standard InChI is InChI=1S/C11H20NOP/c1-9-5-4-6-11(2,7-14)10(9)12(3)8-13/h8H,4-7,14H2,1-3H3. The van der Waals surface area contributed by atoms with Crippen molar-refractivity contribution < 1.29 is 4.79 Å². The maximum Gasteiger partial charge on any atom is 0.213 e. The lowest BCUT2D eigenvalue weighted by Crippen LogP contribution is -2.35. The molecule has 0 fully saturated rings. The van der Waals surface area contributed by atoms with E-state index >= 15 is 0 Å². The number of allylic oxidation sites excluding steroid dienone is 2. The van der Waals surface area contributed by atoms with Crippen LogP contribution < -0.4 is 0 Å². The van der Waals surface area contributed by atoms with E-state index in [2.05, 4.69) is 23.1 Å². The zero-order valence-corrected chi connectivity index (χ0v) is 10.5. The number of carbonyl (C=O) groups excluding carboxylic acids is 1. The Balaban J connectivity index is 3.08. The first-order valence-corrected chi connectivity index (χ1v) is 5.95. The second kappa shape index (κ2) is 4.44. The van der Waals surface area contributed by atoms with Gasteiger partial charge in [-0.3, -0.25) is 4.79 Å². The van der Waals surface area contributed by atoms with E-state index in [9.17, 15) is 4.79 Å².